The van der Waals surface area contributed by atoms with E-state index in [0.29, 0.717) is 12.5 Å². The third kappa shape index (κ3) is 5.13. The highest BCUT2D eigenvalue weighted by molar-refractivity contribution is 6.34. The lowest BCUT2D eigenvalue weighted by Gasteiger charge is -2.15. The molecule has 0 saturated heterocycles. The highest BCUT2D eigenvalue weighted by atomic mass is 35.5. The Balaban J connectivity index is 0.000000886. The number of aromatic hydroxyl groups is 3. The van der Waals surface area contributed by atoms with E-state index in [4.69, 9.17) is 32.5 Å². The number of nitrogens with zero attached hydrogens (tertiary/aromatic N) is 3. The van der Waals surface area contributed by atoms with Crippen LogP contribution in [0.15, 0.2) is 35.0 Å². The first-order chi connectivity index (χ1) is 17.3. The van der Waals surface area contributed by atoms with Crippen molar-refractivity contribution < 1.29 is 46.9 Å². The standard InChI is InChI=1S/C20H11Cl2F4N3O4.C2H4O2/c1-7-15(13-9(21)3-2-4-10(13)23)28-33-18(7)8-6-27-29(19(8)20(24,25)26)16-12(31)5-11(30)14(22)17(16)32;1-4-2-3/h2-6,30-32H,1H3;2H,1H3. The van der Waals surface area contributed by atoms with Gasteiger partial charge in [0, 0.05) is 11.6 Å². The first-order valence-electron chi connectivity index (χ1n) is 9.81. The highest BCUT2D eigenvalue weighted by Crippen LogP contribution is 2.47. The number of aromatic nitrogens is 3. The lowest BCUT2D eigenvalue weighted by molar-refractivity contribution is -0.142. The minimum absolute atomic E-state index is 0.0294. The number of ether oxygens (including phenoxy) is 1. The van der Waals surface area contributed by atoms with Crippen molar-refractivity contribution in [3.05, 3.63) is 57.6 Å². The molecule has 0 fully saturated rings. The van der Waals surface area contributed by atoms with Gasteiger partial charge < -0.3 is 24.6 Å². The molecular weight excluding hydrogens is 549 g/mol. The Kier molecular flexibility index (Phi) is 7.88. The predicted molar refractivity (Wildman–Crippen MR) is 122 cm³/mol. The van der Waals surface area contributed by atoms with Crippen molar-refractivity contribution in [1.82, 2.24) is 14.9 Å². The fraction of sp³-hybridized carbons (Fsp3) is 0.136. The molecule has 0 unspecified atom stereocenters. The van der Waals surface area contributed by atoms with Gasteiger partial charge in [-0.1, -0.05) is 34.4 Å². The van der Waals surface area contributed by atoms with Crippen LogP contribution in [-0.2, 0) is 15.7 Å². The normalized spacial score (nSPS) is 11.1. The number of phenolic OH excluding ortho intramolecular Hbond substituents is 3. The molecule has 2 aromatic heterocycles. The van der Waals surface area contributed by atoms with Crippen LogP contribution in [0.5, 0.6) is 17.2 Å². The van der Waals surface area contributed by atoms with Gasteiger partial charge in [0.05, 0.1) is 29.5 Å². The predicted octanol–water partition coefficient (Wildman–Crippen LogP) is 5.87. The van der Waals surface area contributed by atoms with Crippen molar-refractivity contribution in [3.8, 4) is 45.5 Å². The van der Waals surface area contributed by atoms with Crippen LogP contribution >= 0.6 is 23.2 Å². The molecule has 0 spiro atoms. The van der Waals surface area contributed by atoms with E-state index in [1.54, 1.807) is 0 Å². The number of carbonyl (C=O) groups is 1. The summed E-state index contributed by atoms with van der Waals surface area (Å²) >= 11 is 11.7. The summed E-state index contributed by atoms with van der Waals surface area (Å²) in [5, 5.41) is 36.5. The number of alkyl halides is 3. The summed E-state index contributed by atoms with van der Waals surface area (Å²) in [5.74, 6) is -3.88. The van der Waals surface area contributed by atoms with E-state index in [2.05, 4.69) is 15.0 Å². The Bertz CT molecular complexity index is 1450. The minimum atomic E-state index is -5.08. The van der Waals surface area contributed by atoms with Crippen LogP contribution in [0.3, 0.4) is 0 Å². The minimum Gasteiger partial charge on any atom is -0.506 e. The molecule has 0 radical (unpaired) electrons. The number of halogens is 6. The van der Waals surface area contributed by atoms with Gasteiger partial charge in [0.1, 0.15) is 28.0 Å². The Morgan fingerprint density at radius 3 is 2.38 bits per heavy atom. The molecule has 0 atom stereocenters. The van der Waals surface area contributed by atoms with Crippen LogP contribution in [-0.4, -0.2) is 43.8 Å². The zero-order valence-electron chi connectivity index (χ0n) is 18.6. The van der Waals surface area contributed by atoms with Gasteiger partial charge in [-0.3, -0.25) is 4.79 Å². The first kappa shape index (κ1) is 27.6. The fourth-order valence-corrected chi connectivity index (χ4v) is 3.71. The van der Waals surface area contributed by atoms with Crippen molar-refractivity contribution in [1.29, 1.82) is 0 Å². The molecule has 9 nitrogen and oxygen atoms in total. The van der Waals surface area contributed by atoms with Crippen LogP contribution in [0.25, 0.3) is 28.3 Å². The van der Waals surface area contributed by atoms with Gasteiger partial charge in [-0.15, -0.1) is 0 Å². The van der Waals surface area contributed by atoms with Crippen LogP contribution in [0.2, 0.25) is 10.0 Å². The van der Waals surface area contributed by atoms with E-state index in [0.717, 1.165) is 12.3 Å². The maximum atomic E-state index is 14.3. The summed E-state index contributed by atoms with van der Waals surface area (Å²) in [4.78, 5) is 8.95. The third-order valence-corrected chi connectivity index (χ3v) is 5.57. The van der Waals surface area contributed by atoms with Crippen molar-refractivity contribution >= 4 is 29.7 Å². The summed E-state index contributed by atoms with van der Waals surface area (Å²) < 4.78 is 65.8. The molecule has 15 heteroatoms. The SMILES string of the molecule is COC=O.Cc1c(-c2c(F)cccc2Cl)noc1-c1cnn(-c2c(O)cc(O)c(Cl)c2O)c1C(F)(F)F. The average molecular weight is 564 g/mol. The Hall–Kier alpha value is -3.97. The molecule has 0 saturated carbocycles. The van der Waals surface area contributed by atoms with E-state index in [1.165, 1.54) is 26.2 Å². The molecule has 4 rings (SSSR count). The van der Waals surface area contributed by atoms with Crippen molar-refractivity contribution in [2.24, 2.45) is 0 Å². The summed E-state index contributed by atoms with van der Waals surface area (Å²) in [6, 6.07) is 4.49. The lowest BCUT2D eigenvalue weighted by atomic mass is 10.0. The highest BCUT2D eigenvalue weighted by Gasteiger charge is 2.42. The van der Waals surface area contributed by atoms with E-state index in [9.17, 15) is 32.9 Å². The fourth-order valence-electron chi connectivity index (χ4n) is 3.32. The van der Waals surface area contributed by atoms with Gasteiger partial charge in [-0.25, -0.2) is 9.07 Å². The first-order valence-corrected chi connectivity index (χ1v) is 10.6. The van der Waals surface area contributed by atoms with Gasteiger partial charge in [0.15, 0.2) is 22.9 Å². The molecular formula is C22H15Cl2F4N3O6. The second kappa shape index (κ2) is 10.6. The number of methoxy groups -OCH3 is 1. The van der Waals surface area contributed by atoms with Gasteiger partial charge in [0.25, 0.3) is 6.47 Å². The number of carbonyl (C=O) groups excluding carboxylic acids is 1. The molecule has 0 bridgehead atoms. The zero-order valence-corrected chi connectivity index (χ0v) is 20.2. The summed E-state index contributed by atoms with van der Waals surface area (Å²) in [5.41, 5.74) is -3.15. The van der Waals surface area contributed by atoms with Gasteiger partial charge in [0.2, 0.25) is 0 Å². The molecule has 0 aliphatic heterocycles. The maximum absolute atomic E-state index is 14.3. The van der Waals surface area contributed by atoms with Gasteiger partial charge in [-0.2, -0.15) is 18.3 Å². The van der Waals surface area contributed by atoms with E-state index < -0.39 is 57.0 Å². The summed E-state index contributed by atoms with van der Waals surface area (Å²) in [6.07, 6.45) is -4.31. The molecule has 0 amide bonds. The molecule has 37 heavy (non-hydrogen) atoms. The summed E-state index contributed by atoms with van der Waals surface area (Å²) in [7, 11) is 1.31. The van der Waals surface area contributed by atoms with Crippen molar-refractivity contribution in [3.63, 3.8) is 0 Å². The molecule has 0 aliphatic rings. The molecule has 4 aromatic rings. The van der Waals surface area contributed by atoms with Crippen molar-refractivity contribution in [2.75, 3.05) is 7.11 Å². The van der Waals surface area contributed by atoms with Crippen LogP contribution < -0.4 is 0 Å². The lowest BCUT2D eigenvalue weighted by Crippen LogP contribution is -2.15. The third-order valence-electron chi connectivity index (χ3n) is 4.89. The van der Waals surface area contributed by atoms with E-state index in [-0.39, 0.29) is 26.5 Å². The number of hydrogen-bond acceptors (Lipinski definition) is 8. The van der Waals surface area contributed by atoms with Gasteiger partial charge in [-0.05, 0) is 19.1 Å². The molecule has 196 valence electrons. The Morgan fingerprint density at radius 1 is 1.16 bits per heavy atom. The topological polar surface area (TPSA) is 131 Å². The second-order valence-corrected chi connectivity index (χ2v) is 7.94. The van der Waals surface area contributed by atoms with Crippen LogP contribution in [0, 0.1) is 12.7 Å². The second-order valence-electron chi connectivity index (χ2n) is 7.16. The Morgan fingerprint density at radius 2 is 1.81 bits per heavy atom. The Labute approximate surface area is 215 Å². The number of rotatable bonds is 4. The number of hydrogen-bond donors (Lipinski definition) is 3. The molecule has 0 aliphatic carbocycles. The molecule has 2 aromatic carbocycles. The van der Waals surface area contributed by atoms with Crippen molar-refractivity contribution in [2.45, 2.75) is 13.1 Å². The van der Waals surface area contributed by atoms with Crippen LogP contribution in [0.1, 0.15) is 11.3 Å². The molecule has 3 N–H and O–H groups in total. The quantitative estimate of drug-likeness (QED) is 0.207. The van der Waals surface area contributed by atoms with E-state index in [1.807, 2.05) is 0 Å². The van der Waals surface area contributed by atoms with Gasteiger partial charge >= 0.3 is 6.18 Å². The zero-order chi connectivity index (χ0) is 27.7. The number of phenols is 3. The largest absolute Gasteiger partial charge is 0.506 e. The smallest absolute Gasteiger partial charge is 0.434 e. The summed E-state index contributed by atoms with van der Waals surface area (Å²) in [6.45, 7) is 1.73. The monoisotopic (exact) mass is 563 g/mol. The maximum Gasteiger partial charge on any atom is 0.434 e. The van der Waals surface area contributed by atoms with E-state index >= 15 is 0 Å². The molecule has 2 heterocycles. The number of benzene rings is 2. The van der Waals surface area contributed by atoms with Crippen LogP contribution in [0.4, 0.5) is 17.6 Å². The average Bonchev–Trinajstić information content (AvgIpc) is 3.41.